The minimum atomic E-state index is -1.20. The zero-order valence-corrected chi connectivity index (χ0v) is 14.0. The minimum absolute atomic E-state index is 0.0198. The number of nitrogens with one attached hydrogen (secondary N) is 2. The number of hydrogen-bond donors (Lipinski definition) is 7. The molecule has 128 valence electrons. The van der Waals surface area contributed by atoms with E-state index < -0.39 is 35.9 Å². The van der Waals surface area contributed by atoms with Crippen LogP contribution in [0.3, 0.4) is 0 Å². The van der Waals surface area contributed by atoms with E-state index in [1.54, 1.807) is 0 Å². The van der Waals surface area contributed by atoms with Gasteiger partial charge in [0.1, 0.15) is 12.1 Å². The molecule has 0 aliphatic heterocycles. The molecule has 0 fully saturated rings. The molecule has 0 aliphatic carbocycles. The molecule has 0 heterocycles. The molecule has 0 aromatic rings. The molecule has 10 heteroatoms. The van der Waals surface area contributed by atoms with E-state index in [1.807, 2.05) is 0 Å². The average Bonchev–Trinajstić information content (AvgIpc) is 2.49. The summed E-state index contributed by atoms with van der Waals surface area (Å²) in [5, 5.41) is 13.6. The lowest BCUT2D eigenvalue weighted by Gasteiger charge is -2.21. The van der Waals surface area contributed by atoms with Crippen LogP contribution >= 0.6 is 25.3 Å². The molecule has 0 saturated carbocycles. The van der Waals surface area contributed by atoms with E-state index in [-0.39, 0.29) is 11.5 Å². The summed E-state index contributed by atoms with van der Waals surface area (Å²) in [5.74, 6) is -2.37. The van der Waals surface area contributed by atoms with Gasteiger partial charge < -0.3 is 27.2 Å². The van der Waals surface area contributed by atoms with E-state index in [2.05, 4.69) is 35.9 Å². The van der Waals surface area contributed by atoms with Crippen molar-refractivity contribution in [1.82, 2.24) is 10.6 Å². The first-order valence-corrected chi connectivity index (χ1v) is 8.14. The van der Waals surface area contributed by atoms with Crippen molar-refractivity contribution in [1.29, 1.82) is 0 Å². The first kappa shape index (κ1) is 21.0. The van der Waals surface area contributed by atoms with Gasteiger partial charge in [0.05, 0.1) is 6.04 Å². The van der Waals surface area contributed by atoms with Crippen molar-refractivity contribution in [2.45, 2.75) is 37.4 Å². The lowest BCUT2D eigenvalue weighted by Crippen LogP contribution is -2.55. The molecule has 0 saturated heterocycles. The van der Waals surface area contributed by atoms with Crippen molar-refractivity contribution in [3.63, 3.8) is 0 Å². The van der Waals surface area contributed by atoms with Crippen LogP contribution in [0, 0.1) is 0 Å². The van der Waals surface area contributed by atoms with Gasteiger partial charge in [-0.15, -0.1) is 0 Å². The summed E-state index contributed by atoms with van der Waals surface area (Å²) < 4.78 is 0. The lowest BCUT2D eigenvalue weighted by molar-refractivity contribution is -0.141. The van der Waals surface area contributed by atoms with Crippen molar-refractivity contribution in [2.75, 3.05) is 18.1 Å². The Bertz CT molecular complexity index is 384. The van der Waals surface area contributed by atoms with Gasteiger partial charge in [-0.05, 0) is 19.4 Å². The van der Waals surface area contributed by atoms with Crippen LogP contribution in [-0.2, 0) is 14.4 Å². The molecule has 2 amide bonds. The van der Waals surface area contributed by atoms with Crippen LogP contribution in [0.25, 0.3) is 0 Å². The molecular weight excluding hydrogens is 328 g/mol. The van der Waals surface area contributed by atoms with Crippen molar-refractivity contribution in [3.05, 3.63) is 0 Å². The minimum Gasteiger partial charge on any atom is -0.480 e. The third-order valence-electron chi connectivity index (χ3n) is 2.92. The van der Waals surface area contributed by atoms with Gasteiger partial charge in [-0.25, -0.2) is 4.79 Å². The molecule has 0 rings (SSSR count). The molecule has 0 spiro atoms. The Balaban J connectivity index is 4.47. The highest BCUT2D eigenvalue weighted by Gasteiger charge is 2.26. The van der Waals surface area contributed by atoms with Crippen molar-refractivity contribution < 1.29 is 19.5 Å². The second-order valence-electron chi connectivity index (χ2n) is 4.72. The van der Waals surface area contributed by atoms with Crippen LogP contribution in [0.2, 0.25) is 0 Å². The molecule has 0 bridgehead atoms. The van der Waals surface area contributed by atoms with Crippen LogP contribution in [0.15, 0.2) is 0 Å². The molecule has 22 heavy (non-hydrogen) atoms. The normalized spacial score (nSPS) is 14.7. The fourth-order valence-electron chi connectivity index (χ4n) is 1.57. The van der Waals surface area contributed by atoms with Gasteiger partial charge in [0, 0.05) is 11.5 Å². The number of carboxylic acids is 1. The summed E-state index contributed by atoms with van der Waals surface area (Å²) in [7, 11) is 0. The highest BCUT2D eigenvalue weighted by Crippen LogP contribution is 2.00. The maximum atomic E-state index is 11.9. The number of carbonyl (C=O) groups excluding carboxylic acids is 2. The van der Waals surface area contributed by atoms with Crippen LogP contribution in [0.5, 0.6) is 0 Å². The van der Waals surface area contributed by atoms with Crippen molar-refractivity contribution >= 4 is 43.0 Å². The largest absolute Gasteiger partial charge is 0.480 e. The van der Waals surface area contributed by atoms with Gasteiger partial charge >= 0.3 is 5.97 Å². The van der Waals surface area contributed by atoms with Gasteiger partial charge in [-0.1, -0.05) is 6.42 Å². The average molecular weight is 352 g/mol. The summed E-state index contributed by atoms with van der Waals surface area (Å²) in [6.07, 6.45) is 1.93. The van der Waals surface area contributed by atoms with Crippen molar-refractivity contribution in [3.8, 4) is 0 Å². The molecule has 0 aliphatic rings. The number of hydrogen-bond acceptors (Lipinski definition) is 7. The van der Waals surface area contributed by atoms with Crippen LogP contribution in [0.4, 0.5) is 0 Å². The zero-order chi connectivity index (χ0) is 17.1. The maximum absolute atomic E-state index is 11.9. The number of aliphatic carboxylic acids is 1. The third-order valence-corrected chi connectivity index (χ3v) is 3.65. The molecular formula is C12H24N4O4S2. The summed E-state index contributed by atoms with van der Waals surface area (Å²) in [6, 6.07) is -2.84. The molecule has 7 N–H and O–H groups in total. The Morgan fingerprint density at radius 1 is 1.00 bits per heavy atom. The molecule has 8 nitrogen and oxygen atoms in total. The first-order chi connectivity index (χ1) is 10.4. The SMILES string of the molecule is NCCCC[C@H](N)C(=O)NC(CS)C(=O)NC(CS)C(=O)O. The standard InChI is InChI=1S/C12H24N4O4S2/c13-4-2-1-3-7(14)10(17)15-8(5-21)11(18)16-9(6-22)12(19)20/h7-9,21-22H,1-6,13-14H2,(H,15,17)(H,16,18)(H,19,20)/t7-,8?,9?/m0/s1. The van der Waals surface area contributed by atoms with E-state index in [9.17, 15) is 14.4 Å². The number of nitrogens with two attached hydrogens (primary N) is 2. The van der Waals surface area contributed by atoms with Gasteiger partial charge in [0.15, 0.2) is 0 Å². The Morgan fingerprint density at radius 2 is 1.55 bits per heavy atom. The number of amides is 2. The summed E-state index contributed by atoms with van der Waals surface area (Å²) in [5.41, 5.74) is 11.1. The Kier molecular flexibility index (Phi) is 11.1. The van der Waals surface area contributed by atoms with Gasteiger partial charge in [0.2, 0.25) is 11.8 Å². The van der Waals surface area contributed by atoms with Crippen LogP contribution < -0.4 is 22.1 Å². The fraction of sp³-hybridized carbons (Fsp3) is 0.750. The Hall–Kier alpha value is -0.970. The monoisotopic (exact) mass is 352 g/mol. The molecule has 0 aromatic heterocycles. The summed E-state index contributed by atoms with van der Waals surface area (Å²) in [4.78, 5) is 34.7. The molecule has 0 aromatic carbocycles. The van der Waals surface area contributed by atoms with E-state index in [0.717, 1.165) is 6.42 Å². The number of carboxylic acid groups (broad SMARTS) is 1. The number of carbonyl (C=O) groups is 3. The molecule has 2 unspecified atom stereocenters. The highest BCUT2D eigenvalue weighted by atomic mass is 32.1. The number of thiol groups is 2. The van der Waals surface area contributed by atoms with Gasteiger partial charge in [0.25, 0.3) is 0 Å². The van der Waals surface area contributed by atoms with Gasteiger partial charge in [-0.2, -0.15) is 25.3 Å². The lowest BCUT2D eigenvalue weighted by atomic mass is 10.1. The predicted octanol–water partition coefficient (Wildman–Crippen LogP) is -1.64. The van der Waals surface area contributed by atoms with E-state index >= 15 is 0 Å². The molecule has 0 radical (unpaired) electrons. The van der Waals surface area contributed by atoms with Crippen LogP contribution in [0.1, 0.15) is 19.3 Å². The summed E-state index contributed by atoms with van der Waals surface area (Å²) >= 11 is 7.83. The number of unbranched alkanes of at least 4 members (excludes halogenated alkanes) is 1. The van der Waals surface area contributed by atoms with E-state index in [1.165, 1.54) is 0 Å². The van der Waals surface area contributed by atoms with E-state index in [4.69, 9.17) is 16.6 Å². The fourth-order valence-corrected chi connectivity index (χ4v) is 2.07. The zero-order valence-electron chi connectivity index (χ0n) is 12.2. The third kappa shape index (κ3) is 7.87. The van der Waals surface area contributed by atoms with Crippen molar-refractivity contribution in [2.24, 2.45) is 11.5 Å². The Morgan fingerprint density at radius 3 is 2.00 bits per heavy atom. The smallest absolute Gasteiger partial charge is 0.327 e. The summed E-state index contributed by atoms with van der Waals surface area (Å²) in [6.45, 7) is 0.524. The maximum Gasteiger partial charge on any atom is 0.327 e. The van der Waals surface area contributed by atoms with Crippen LogP contribution in [-0.4, -0.2) is 59.1 Å². The predicted molar refractivity (Wildman–Crippen MR) is 90.1 cm³/mol. The van der Waals surface area contributed by atoms with E-state index in [0.29, 0.717) is 19.4 Å². The second kappa shape index (κ2) is 11.6. The number of rotatable bonds is 11. The topological polar surface area (TPSA) is 148 Å². The molecule has 3 atom stereocenters. The van der Waals surface area contributed by atoms with Gasteiger partial charge in [-0.3, -0.25) is 9.59 Å². The quantitative estimate of drug-likeness (QED) is 0.175. The Labute approximate surface area is 140 Å². The first-order valence-electron chi connectivity index (χ1n) is 6.88. The second-order valence-corrected chi connectivity index (χ2v) is 5.45. The highest BCUT2D eigenvalue weighted by molar-refractivity contribution is 7.80.